The average Bonchev–Trinajstić information content (AvgIpc) is 3.72. The van der Waals surface area contributed by atoms with Gasteiger partial charge in [0, 0.05) is 36.3 Å². The lowest BCUT2D eigenvalue weighted by Crippen LogP contribution is -2.21. The molecule has 8 nitrogen and oxygen atoms in total. The van der Waals surface area contributed by atoms with E-state index < -0.39 is 6.61 Å². The second kappa shape index (κ2) is 11.4. The van der Waals surface area contributed by atoms with Gasteiger partial charge in [0.1, 0.15) is 0 Å². The van der Waals surface area contributed by atoms with E-state index in [9.17, 15) is 18.4 Å². The molecular weight excluding hydrogens is 470 g/mol. The minimum Gasteiger partial charge on any atom is -0.489 e. The van der Waals surface area contributed by atoms with Crippen LogP contribution < -0.4 is 14.8 Å². The summed E-state index contributed by atoms with van der Waals surface area (Å²) in [6.45, 7) is -2.54. The minimum atomic E-state index is -2.97. The van der Waals surface area contributed by atoms with Crippen LogP contribution in [-0.4, -0.2) is 48.3 Å². The molecule has 0 saturated heterocycles. The largest absolute Gasteiger partial charge is 0.489 e. The number of hydrazone groups is 1. The number of nitrogens with one attached hydrogen (secondary N) is 1. The molecule has 36 heavy (non-hydrogen) atoms. The number of hydrogen-bond acceptors (Lipinski definition) is 6. The number of anilines is 1. The van der Waals surface area contributed by atoms with E-state index in [1.807, 2.05) is 0 Å². The minimum absolute atomic E-state index is 0.0525. The Morgan fingerprint density at radius 1 is 1.08 bits per heavy atom. The summed E-state index contributed by atoms with van der Waals surface area (Å²) in [5, 5.41) is 8.06. The van der Waals surface area contributed by atoms with Gasteiger partial charge in [0.2, 0.25) is 0 Å². The van der Waals surface area contributed by atoms with Crippen LogP contribution in [0, 0.1) is 5.92 Å². The van der Waals surface area contributed by atoms with Crippen LogP contribution in [0.4, 0.5) is 14.5 Å². The van der Waals surface area contributed by atoms with Crippen molar-refractivity contribution in [2.24, 2.45) is 11.0 Å². The van der Waals surface area contributed by atoms with Crippen molar-refractivity contribution in [2.45, 2.75) is 19.5 Å². The van der Waals surface area contributed by atoms with Crippen LogP contribution in [0.15, 0.2) is 72.1 Å². The Hall–Kier alpha value is -4.34. The van der Waals surface area contributed by atoms with Gasteiger partial charge in [0.05, 0.1) is 12.8 Å². The Morgan fingerprint density at radius 3 is 2.47 bits per heavy atom. The summed E-state index contributed by atoms with van der Waals surface area (Å²) in [5.74, 6) is -0.0848. The molecule has 2 aromatic carbocycles. The van der Waals surface area contributed by atoms with Crippen molar-refractivity contribution < 1.29 is 27.8 Å². The third-order valence-electron chi connectivity index (χ3n) is 5.36. The zero-order chi connectivity index (χ0) is 25.5. The molecule has 1 aliphatic carbocycles. The highest BCUT2D eigenvalue weighted by Crippen LogP contribution is 2.34. The van der Waals surface area contributed by atoms with Crippen molar-refractivity contribution in [2.75, 3.05) is 19.0 Å². The van der Waals surface area contributed by atoms with Gasteiger partial charge in [-0.1, -0.05) is 0 Å². The first kappa shape index (κ1) is 24.8. The van der Waals surface area contributed by atoms with E-state index in [0.29, 0.717) is 34.9 Å². The molecule has 1 aromatic heterocycles. The smallest absolute Gasteiger partial charge is 0.387 e. The van der Waals surface area contributed by atoms with Crippen LogP contribution in [0.5, 0.6) is 11.5 Å². The molecule has 0 aliphatic heterocycles. The number of aromatic nitrogens is 1. The van der Waals surface area contributed by atoms with Crippen LogP contribution >= 0.6 is 0 Å². The summed E-state index contributed by atoms with van der Waals surface area (Å²) in [5.41, 5.74) is 1.92. The second-order valence-electron chi connectivity index (χ2n) is 8.18. The molecule has 1 N–H and O–H groups in total. The zero-order valence-corrected chi connectivity index (χ0v) is 19.4. The van der Waals surface area contributed by atoms with Gasteiger partial charge in [-0.15, -0.1) is 0 Å². The van der Waals surface area contributed by atoms with E-state index in [4.69, 9.17) is 4.74 Å². The summed E-state index contributed by atoms with van der Waals surface area (Å²) in [6.07, 6.45) is 6.59. The van der Waals surface area contributed by atoms with Gasteiger partial charge in [-0.05, 0) is 78.9 Å². The third-order valence-corrected chi connectivity index (χ3v) is 5.36. The Labute approximate surface area is 206 Å². The SMILES string of the molecule is CN(N=Cc1ccc(OC(F)F)c(OCC2CC2)c1)C(=O)c1ccc(NC(=O)c2ccncc2)cc1. The second-order valence-corrected chi connectivity index (χ2v) is 8.18. The van der Waals surface area contributed by atoms with E-state index in [1.54, 1.807) is 48.5 Å². The molecule has 1 aliphatic rings. The maximum atomic E-state index is 12.7. The molecule has 1 saturated carbocycles. The molecule has 0 unspecified atom stereocenters. The van der Waals surface area contributed by atoms with Gasteiger partial charge < -0.3 is 14.8 Å². The van der Waals surface area contributed by atoms with Gasteiger partial charge in [-0.25, -0.2) is 5.01 Å². The van der Waals surface area contributed by atoms with E-state index in [0.717, 1.165) is 17.9 Å². The van der Waals surface area contributed by atoms with Crippen LogP contribution in [-0.2, 0) is 0 Å². The number of nitrogens with zero attached hydrogens (tertiary/aromatic N) is 3. The molecule has 4 rings (SSSR count). The normalized spacial score (nSPS) is 13.0. The van der Waals surface area contributed by atoms with Crippen molar-refractivity contribution in [3.05, 3.63) is 83.7 Å². The maximum Gasteiger partial charge on any atom is 0.387 e. The number of benzene rings is 2. The number of hydrogen-bond donors (Lipinski definition) is 1. The van der Waals surface area contributed by atoms with Crippen molar-refractivity contribution in [1.29, 1.82) is 0 Å². The summed E-state index contributed by atoms with van der Waals surface area (Å²) in [7, 11) is 1.50. The highest BCUT2D eigenvalue weighted by Gasteiger charge is 2.23. The Kier molecular flexibility index (Phi) is 7.84. The Morgan fingerprint density at radius 2 is 1.81 bits per heavy atom. The summed E-state index contributed by atoms with van der Waals surface area (Å²) in [6, 6.07) is 14.1. The molecule has 0 radical (unpaired) electrons. The monoisotopic (exact) mass is 494 g/mol. The molecular formula is C26H24F2N4O4. The number of rotatable bonds is 10. The quantitative estimate of drug-likeness (QED) is 0.322. The molecule has 0 bridgehead atoms. The van der Waals surface area contributed by atoms with Crippen LogP contribution in [0.2, 0.25) is 0 Å². The van der Waals surface area contributed by atoms with Gasteiger partial charge in [0.25, 0.3) is 11.8 Å². The standard InChI is InChI=1S/C26H24F2N4O4/c1-32(25(34)20-5-7-21(8-6-20)31-24(33)19-10-12-29-13-11-19)30-15-18-4-9-22(36-26(27)28)23(14-18)35-16-17-2-3-17/h4-15,17,26H,2-3,16H2,1H3,(H,31,33). The fourth-order valence-corrected chi connectivity index (χ4v) is 3.20. The van der Waals surface area contributed by atoms with E-state index in [1.165, 1.54) is 31.7 Å². The zero-order valence-electron chi connectivity index (χ0n) is 19.4. The van der Waals surface area contributed by atoms with E-state index >= 15 is 0 Å². The molecule has 1 fully saturated rings. The predicted molar refractivity (Wildman–Crippen MR) is 130 cm³/mol. The molecule has 10 heteroatoms. The van der Waals surface area contributed by atoms with Crippen LogP contribution in [0.25, 0.3) is 0 Å². The third kappa shape index (κ3) is 6.84. The molecule has 1 heterocycles. The Bertz CT molecular complexity index is 1230. The summed E-state index contributed by atoms with van der Waals surface area (Å²) >= 11 is 0. The lowest BCUT2D eigenvalue weighted by atomic mass is 10.2. The fraction of sp³-hybridized carbons (Fsp3) is 0.231. The van der Waals surface area contributed by atoms with Crippen molar-refractivity contribution >= 4 is 23.7 Å². The molecule has 0 atom stereocenters. The molecule has 0 spiro atoms. The first-order chi connectivity index (χ1) is 17.4. The van der Waals surface area contributed by atoms with Crippen LogP contribution in [0.3, 0.4) is 0 Å². The van der Waals surface area contributed by atoms with Crippen molar-refractivity contribution in [3.8, 4) is 11.5 Å². The fourth-order valence-electron chi connectivity index (χ4n) is 3.20. The summed E-state index contributed by atoms with van der Waals surface area (Å²) in [4.78, 5) is 28.9. The lowest BCUT2D eigenvalue weighted by molar-refractivity contribution is -0.0515. The number of pyridine rings is 1. The molecule has 2 amide bonds. The van der Waals surface area contributed by atoms with Gasteiger partial charge in [-0.2, -0.15) is 13.9 Å². The number of ether oxygens (including phenoxy) is 2. The van der Waals surface area contributed by atoms with Crippen molar-refractivity contribution in [3.63, 3.8) is 0 Å². The number of alkyl halides is 2. The molecule has 3 aromatic rings. The van der Waals surface area contributed by atoms with Crippen molar-refractivity contribution in [1.82, 2.24) is 9.99 Å². The average molecular weight is 494 g/mol. The highest BCUT2D eigenvalue weighted by molar-refractivity contribution is 6.04. The molecule has 186 valence electrons. The first-order valence-electron chi connectivity index (χ1n) is 11.2. The highest BCUT2D eigenvalue weighted by atomic mass is 19.3. The lowest BCUT2D eigenvalue weighted by Gasteiger charge is -2.13. The summed E-state index contributed by atoms with van der Waals surface area (Å²) < 4.78 is 35.6. The van der Waals surface area contributed by atoms with Gasteiger partial charge >= 0.3 is 6.61 Å². The Balaban J connectivity index is 1.38. The van der Waals surface area contributed by atoms with Gasteiger partial charge in [-0.3, -0.25) is 14.6 Å². The van der Waals surface area contributed by atoms with E-state index in [2.05, 4.69) is 20.1 Å². The maximum absolute atomic E-state index is 12.7. The number of amides is 2. The van der Waals surface area contributed by atoms with Crippen LogP contribution in [0.1, 0.15) is 39.1 Å². The van der Waals surface area contributed by atoms with E-state index in [-0.39, 0.29) is 23.3 Å². The number of carbonyl (C=O) groups excluding carboxylic acids is 2. The number of halogens is 2. The topological polar surface area (TPSA) is 93.1 Å². The van der Waals surface area contributed by atoms with Gasteiger partial charge in [0.15, 0.2) is 11.5 Å². The first-order valence-corrected chi connectivity index (χ1v) is 11.2. The predicted octanol–water partition coefficient (Wildman–Crippen LogP) is 4.83. The number of carbonyl (C=O) groups is 2.